The van der Waals surface area contributed by atoms with Crippen LogP contribution in [0.1, 0.15) is 12.5 Å². The molecule has 0 amide bonds. The summed E-state index contributed by atoms with van der Waals surface area (Å²) in [5.41, 5.74) is 0.845. The highest BCUT2D eigenvalue weighted by Crippen LogP contribution is 2.14. The minimum absolute atomic E-state index is 0.0754. The van der Waals surface area contributed by atoms with Crippen molar-refractivity contribution in [3.8, 4) is 0 Å². The lowest BCUT2D eigenvalue weighted by molar-refractivity contribution is -0.384. The molecule has 1 rings (SSSR count). The van der Waals surface area contributed by atoms with E-state index >= 15 is 0 Å². The summed E-state index contributed by atoms with van der Waals surface area (Å²) in [6.07, 6.45) is 3.36. The Balaban J connectivity index is 2.67. The molecule has 0 fully saturated rings. The highest BCUT2D eigenvalue weighted by atomic mass is 16.6. The minimum atomic E-state index is -0.421. The van der Waals surface area contributed by atoms with Crippen LogP contribution in [0.25, 0.3) is 0 Å². The minimum Gasteiger partial charge on any atom is -0.494 e. The normalized spacial score (nSPS) is 10.9. The van der Waals surface area contributed by atoms with E-state index < -0.39 is 4.92 Å². The molecule has 0 unspecified atom stereocenters. The summed E-state index contributed by atoms with van der Waals surface area (Å²) < 4.78 is 5.37. The monoisotopic (exact) mass is 219 g/mol. The third kappa shape index (κ3) is 3.57. The molecule has 0 saturated carbocycles. The van der Waals surface area contributed by atoms with Gasteiger partial charge in [0.25, 0.3) is 5.69 Å². The quantitative estimate of drug-likeness (QED) is 0.330. The van der Waals surface area contributed by atoms with Gasteiger partial charge in [-0.05, 0) is 18.6 Å². The number of ether oxygens (including phenoxy) is 1. The molecule has 1 aromatic carbocycles. The summed E-state index contributed by atoms with van der Waals surface area (Å²) in [6, 6.07) is 6.38. The Labute approximate surface area is 94.0 Å². The molecule has 4 heteroatoms. The van der Waals surface area contributed by atoms with Gasteiger partial charge in [-0.15, -0.1) is 0 Å². The average molecular weight is 219 g/mol. The van der Waals surface area contributed by atoms with Crippen molar-refractivity contribution in [2.75, 3.05) is 0 Å². The van der Waals surface area contributed by atoms with Gasteiger partial charge in [0.2, 0.25) is 0 Å². The number of hydrogen-bond donors (Lipinski definition) is 0. The molecule has 1 aromatic rings. The number of nitrogens with zero attached hydrogens (tertiary/aromatic N) is 1. The molecular weight excluding hydrogens is 206 g/mol. The maximum atomic E-state index is 10.5. The average Bonchev–Trinajstić information content (AvgIpc) is 2.27. The molecular formula is C12H13NO3. The van der Waals surface area contributed by atoms with E-state index in [0.717, 1.165) is 11.3 Å². The van der Waals surface area contributed by atoms with E-state index in [1.807, 2.05) is 0 Å². The van der Waals surface area contributed by atoms with Crippen molar-refractivity contribution in [1.82, 2.24) is 0 Å². The maximum Gasteiger partial charge on any atom is 0.269 e. The topological polar surface area (TPSA) is 52.4 Å². The molecule has 0 bridgehead atoms. The lowest BCUT2D eigenvalue weighted by Crippen LogP contribution is -1.93. The van der Waals surface area contributed by atoms with Crippen molar-refractivity contribution in [2.24, 2.45) is 0 Å². The van der Waals surface area contributed by atoms with Crippen LogP contribution in [0.15, 0.2) is 48.8 Å². The van der Waals surface area contributed by atoms with E-state index in [1.54, 1.807) is 31.2 Å². The number of non-ortho nitro benzene ring substituents is 1. The number of nitro groups is 1. The molecule has 0 aromatic heterocycles. The van der Waals surface area contributed by atoms with Gasteiger partial charge in [0, 0.05) is 12.1 Å². The van der Waals surface area contributed by atoms with Crippen molar-refractivity contribution in [1.29, 1.82) is 0 Å². The van der Waals surface area contributed by atoms with Crippen molar-refractivity contribution in [2.45, 2.75) is 13.5 Å². The van der Waals surface area contributed by atoms with Gasteiger partial charge in [0.1, 0.15) is 6.61 Å². The van der Waals surface area contributed by atoms with E-state index in [9.17, 15) is 10.1 Å². The second-order valence-corrected chi connectivity index (χ2v) is 3.23. The van der Waals surface area contributed by atoms with Gasteiger partial charge in [-0.1, -0.05) is 24.8 Å². The molecule has 16 heavy (non-hydrogen) atoms. The molecule has 84 valence electrons. The highest BCUT2D eigenvalue weighted by Gasteiger charge is 2.05. The Hall–Kier alpha value is -2.10. The maximum absolute atomic E-state index is 10.5. The van der Waals surface area contributed by atoms with Crippen molar-refractivity contribution < 1.29 is 9.66 Å². The zero-order valence-corrected chi connectivity index (χ0v) is 9.05. The van der Waals surface area contributed by atoms with Crippen LogP contribution >= 0.6 is 0 Å². The Kier molecular flexibility index (Phi) is 4.27. The first-order valence-electron chi connectivity index (χ1n) is 4.79. The van der Waals surface area contributed by atoms with E-state index in [4.69, 9.17) is 4.74 Å². The van der Waals surface area contributed by atoms with Crippen LogP contribution in [-0.4, -0.2) is 4.92 Å². The van der Waals surface area contributed by atoms with Gasteiger partial charge in [-0.2, -0.15) is 0 Å². The Morgan fingerprint density at radius 3 is 3.00 bits per heavy atom. The molecule has 0 radical (unpaired) electrons. The van der Waals surface area contributed by atoms with E-state index in [1.165, 1.54) is 12.1 Å². The lowest BCUT2D eigenvalue weighted by atomic mass is 10.2. The smallest absolute Gasteiger partial charge is 0.269 e. The first-order chi connectivity index (χ1) is 7.63. The molecule has 0 saturated heterocycles. The number of hydrogen-bond acceptors (Lipinski definition) is 3. The first-order valence-corrected chi connectivity index (χ1v) is 4.79. The Bertz CT molecular complexity index is 424. The second kappa shape index (κ2) is 5.70. The van der Waals surface area contributed by atoms with Gasteiger partial charge >= 0.3 is 0 Å². The highest BCUT2D eigenvalue weighted by molar-refractivity contribution is 5.33. The van der Waals surface area contributed by atoms with E-state index in [0.29, 0.717) is 6.61 Å². The third-order valence-electron chi connectivity index (χ3n) is 1.94. The molecule has 0 N–H and O–H groups in total. The number of benzene rings is 1. The van der Waals surface area contributed by atoms with Crippen LogP contribution in [0, 0.1) is 10.1 Å². The van der Waals surface area contributed by atoms with Crippen LogP contribution in [-0.2, 0) is 11.3 Å². The summed E-state index contributed by atoms with van der Waals surface area (Å²) in [5.74, 6) is 0.724. The summed E-state index contributed by atoms with van der Waals surface area (Å²) in [6.45, 7) is 5.67. The molecule has 0 aliphatic rings. The van der Waals surface area contributed by atoms with Crippen LogP contribution < -0.4 is 0 Å². The third-order valence-corrected chi connectivity index (χ3v) is 1.94. The molecule has 0 spiro atoms. The van der Waals surface area contributed by atoms with Gasteiger partial charge in [0.15, 0.2) is 0 Å². The van der Waals surface area contributed by atoms with E-state index in [2.05, 4.69) is 6.58 Å². The summed E-state index contributed by atoms with van der Waals surface area (Å²) in [4.78, 5) is 10.1. The summed E-state index contributed by atoms with van der Waals surface area (Å²) in [7, 11) is 0. The largest absolute Gasteiger partial charge is 0.494 e. The Morgan fingerprint density at radius 2 is 2.38 bits per heavy atom. The van der Waals surface area contributed by atoms with E-state index in [-0.39, 0.29) is 5.69 Å². The van der Waals surface area contributed by atoms with Crippen molar-refractivity contribution >= 4 is 5.69 Å². The number of allylic oxidation sites excluding steroid dienone is 3. The fraction of sp³-hybridized carbons (Fsp3) is 0.167. The molecule has 0 aliphatic carbocycles. The van der Waals surface area contributed by atoms with Gasteiger partial charge < -0.3 is 4.74 Å². The zero-order chi connectivity index (χ0) is 12.0. The molecule has 0 aliphatic heterocycles. The SMILES string of the molecule is C=C/C=C(\C)OCc1cccc([N+](=O)[O-])c1. The van der Waals surface area contributed by atoms with Crippen molar-refractivity contribution in [3.05, 3.63) is 64.4 Å². The predicted molar refractivity (Wildman–Crippen MR) is 61.8 cm³/mol. The molecule has 0 heterocycles. The summed E-state index contributed by atoms with van der Waals surface area (Å²) in [5, 5.41) is 10.5. The fourth-order valence-electron chi connectivity index (χ4n) is 1.17. The zero-order valence-electron chi connectivity index (χ0n) is 9.05. The molecule has 4 nitrogen and oxygen atoms in total. The number of rotatable bonds is 5. The van der Waals surface area contributed by atoms with Crippen LogP contribution in [0.4, 0.5) is 5.69 Å². The standard InChI is InChI=1S/C12H13NO3/c1-3-5-10(2)16-9-11-6-4-7-12(8-11)13(14)15/h3-8H,1,9H2,2H3/b10-5+. The predicted octanol–water partition coefficient (Wildman–Crippen LogP) is 3.20. The van der Waals surface area contributed by atoms with Crippen LogP contribution in [0.3, 0.4) is 0 Å². The van der Waals surface area contributed by atoms with Crippen LogP contribution in [0.5, 0.6) is 0 Å². The first kappa shape index (κ1) is 12.0. The lowest BCUT2D eigenvalue weighted by Gasteiger charge is -2.05. The van der Waals surface area contributed by atoms with Gasteiger partial charge in [-0.3, -0.25) is 10.1 Å². The second-order valence-electron chi connectivity index (χ2n) is 3.23. The number of nitro benzene ring substituents is 1. The molecule has 0 atom stereocenters. The fourth-order valence-corrected chi connectivity index (χ4v) is 1.17. The Morgan fingerprint density at radius 1 is 1.62 bits per heavy atom. The van der Waals surface area contributed by atoms with Crippen molar-refractivity contribution in [3.63, 3.8) is 0 Å². The van der Waals surface area contributed by atoms with Gasteiger partial charge in [0.05, 0.1) is 10.7 Å². The van der Waals surface area contributed by atoms with Crippen LogP contribution in [0.2, 0.25) is 0 Å². The van der Waals surface area contributed by atoms with Gasteiger partial charge in [-0.25, -0.2) is 0 Å². The summed E-state index contributed by atoms with van der Waals surface area (Å²) >= 11 is 0.